The average molecular weight is 382 g/mol. The average Bonchev–Trinajstić information content (AvgIpc) is 2.61. The third-order valence-electron chi connectivity index (χ3n) is 4.15. The predicted molar refractivity (Wildman–Crippen MR) is 116 cm³/mol. The molecule has 2 N–H and O–H groups in total. The zero-order valence-electron chi connectivity index (χ0n) is 17.3. The van der Waals surface area contributed by atoms with Crippen LogP contribution in [0, 0.1) is 12.3 Å². The molecule has 3 amide bonds. The molecular weight excluding hydrogens is 350 g/mol. The minimum absolute atomic E-state index is 0.0339. The van der Waals surface area contributed by atoms with Gasteiger partial charge < -0.3 is 10.6 Å². The molecule has 0 fully saturated rings. The van der Waals surface area contributed by atoms with Gasteiger partial charge in [0.25, 0.3) is 0 Å². The van der Waals surface area contributed by atoms with Crippen molar-refractivity contribution in [2.75, 3.05) is 23.3 Å². The number of hydrogen-bond acceptors (Lipinski definition) is 2. The number of anilines is 2. The zero-order chi connectivity index (χ0) is 20.6. The largest absolute Gasteiger partial charge is 0.356 e. The zero-order valence-corrected chi connectivity index (χ0v) is 17.3. The number of para-hydroxylation sites is 1. The van der Waals surface area contributed by atoms with Gasteiger partial charge >= 0.3 is 6.03 Å². The summed E-state index contributed by atoms with van der Waals surface area (Å²) >= 11 is 0. The van der Waals surface area contributed by atoms with Crippen LogP contribution in [0.2, 0.25) is 0 Å². The Bertz CT molecular complexity index is 782. The number of urea groups is 1. The normalized spacial score (nSPS) is 11.0. The van der Waals surface area contributed by atoms with Gasteiger partial charge in [-0.3, -0.25) is 9.69 Å². The lowest BCUT2D eigenvalue weighted by Crippen LogP contribution is -2.37. The van der Waals surface area contributed by atoms with Crippen molar-refractivity contribution in [2.45, 2.75) is 40.5 Å². The number of carbonyl (C=O) groups is 2. The summed E-state index contributed by atoms with van der Waals surface area (Å²) in [6.45, 7) is 9.16. The van der Waals surface area contributed by atoms with Crippen LogP contribution < -0.4 is 15.5 Å². The molecule has 0 spiro atoms. The van der Waals surface area contributed by atoms with Gasteiger partial charge in [-0.15, -0.1) is 0 Å². The second-order valence-corrected chi connectivity index (χ2v) is 8.23. The maximum absolute atomic E-state index is 12.9. The number of nitrogens with one attached hydrogen (secondary N) is 2. The third kappa shape index (κ3) is 7.43. The van der Waals surface area contributed by atoms with E-state index in [1.54, 1.807) is 4.90 Å². The predicted octanol–water partition coefficient (Wildman–Crippen LogP) is 4.98. The van der Waals surface area contributed by atoms with Crippen LogP contribution in [0.1, 0.15) is 39.2 Å². The fourth-order valence-electron chi connectivity index (χ4n) is 2.88. The number of benzene rings is 2. The summed E-state index contributed by atoms with van der Waals surface area (Å²) in [6, 6.07) is 17.1. The van der Waals surface area contributed by atoms with Crippen LogP contribution in [-0.2, 0) is 4.79 Å². The van der Waals surface area contributed by atoms with Crippen molar-refractivity contribution in [1.82, 2.24) is 5.32 Å². The molecule has 0 heterocycles. The van der Waals surface area contributed by atoms with E-state index in [0.717, 1.165) is 16.9 Å². The van der Waals surface area contributed by atoms with Crippen LogP contribution in [-0.4, -0.2) is 25.0 Å². The number of nitrogens with zero attached hydrogens (tertiary/aromatic N) is 1. The van der Waals surface area contributed by atoms with Gasteiger partial charge in [0.15, 0.2) is 0 Å². The Hall–Kier alpha value is -2.82. The first-order valence-electron chi connectivity index (χ1n) is 9.71. The van der Waals surface area contributed by atoms with Crippen LogP contribution in [0.3, 0.4) is 0 Å². The van der Waals surface area contributed by atoms with Crippen molar-refractivity contribution in [3.63, 3.8) is 0 Å². The Morgan fingerprint density at radius 3 is 2.36 bits per heavy atom. The highest BCUT2D eigenvalue weighted by Gasteiger charge is 2.17. The van der Waals surface area contributed by atoms with E-state index < -0.39 is 0 Å². The molecular formula is C23H31N3O2. The number of carbonyl (C=O) groups excluding carboxylic acids is 2. The lowest BCUT2D eigenvalue weighted by molar-refractivity contribution is -0.122. The third-order valence-corrected chi connectivity index (χ3v) is 4.15. The molecule has 5 nitrogen and oxygen atoms in total. The lowest BCUT2D eigenvalue weighted by atomic mass is 9.92. The molecule has 0 unspecified atom stereocenters. The van der Waals surface area contributed by atoms with Crippen LogP contribution in [0.25, 0.3) is 0 Å². The number of aryl methyl sites for hydroxylation is 1. The van der Waals surface area contributed by atoms with Gasteiger partial charge in [-0.25, -0.2) is 4.79 Å². The highest BCUT2D eigenvalue weighted by Crippen LogP contribution is 2.18. The Balaban J connectivity index is 1.96. The molecule has 150 valence electrons. The van der Waals surface area contributed by atoms with Crippen LogP contribution >= 0.6 is 0 Å². The molecule has 2 aromatic rings. The van der Waals surface area contributed by atoms with Crippen molar-refractivity contribution >= 4 is 23.3 Å². The van der Waals surface area contributed by atoms with Gasteiger partial charge in [-0.1, -0.05) is 51.1 Å². The highest BCUT2D eigenvalue weighted by molar-refractivity contribution is 6.01. The van der Waals surface area contributed by atoms with Crippen molar-refractivity contribution in [3.05, 3.63) is 60.2 Å². The van der Waals surface area contributed by atoms with Crippen molar-refractivity contribution in [3.8, 4) is 0 Å². The molecule has 0 radical (unpaired) electrons. The van der Waals surface area contributed by atoms with E-state index >= 15 is 0 Å². The fourth-order valence-corrected chi connectivity index (χ4v) is 2.88. The van der Waals surface area contributed by atoms with E-state index in [0.29, 0.717) is 25.9 Å². The topological polar surface area (TPSA) is 61.4 Å². The summed E-state index contributed by atoms with van der Waals surface area (Å²) in [5.41, 5.74) is 2.65. The van der Waals surface area contributed by atoms with E-state index in [4.69, 9.17) is 0 Å². The summed E-state index contributed by atoms with van der Waals surface area (Å²) < 4.78 is 0. The van der Waals surface area contributed by atoms with Crippen molar-refractivity contribution in [2.24, 2.45) is 5.41 Å². The number of amides is 3. The molecule has 5 heteroatoms. The van der Waals surface area contributed by atoms with E-state index in [2.05, 4.69) is 10.6 Å². The first-order chi connectivity index (χ1) is 13.2. The van der Waals surface area contributed by atoms with Gasteiger partial charge in [0.1, 0.15) is 0 Å². The molecule has 0 aliphatic rings. The maximum Gasteiger partial charge on any atom is 0.326 e. The smallest absolute Gasteiger partial charge is 0.326 e. The molecule has 0 aliphatic carbocycles. The second kappa shape index (κ2) is 9.93. The molecule has 0 aliphatic heterocycles. The summed E-state index contributed by atoms with van der Waals surface area (Å²) in [5.74, 6) is 0.0444. The van der Waals surface area contributed by atoms with Gasteiger partial charge in [-0.05, 0) is 48.6 Å². The standard InChI is InChI=1S/C23H31N3O2/c1-18-10-8-11-19(16-18)25-22(28)26(20-12-6-5-7-13-20)15-9-14-24-21(27)17-23(2,3)4/h5-8,10-13,16H,9,14-15,17H2,1-4H3,(H,24,27)(H,25,28). The van der Waals surface area contributed by atoms with Gasteiger partial charge in [0, 0.05) is 30.9 Å². The minimum atomic E-state index is -0.183. The summed E-state index contributed by atoms with van der Waals surface area (Å²) in [6.07, 6.45) is 1.16. The Morgan fingerprint density at radius 2 is 1.71 bits per heavy atom. The monoisotopic (exact) mass is 381 g/mol. The minimum Gasteiger partial charge on any atom is -0.356 e. The van der Waals surface area contributed by atoms with E-state index in [1.807, 2.05) is 82.3 Å². The molecule has 0 atom stereocenters. The van der Waals surface area contributed by atoms with Crippen LogP contribution in [0.4, 0.5) is 16.2 Å². The summed E-state index contributed by atoms with van der Waals surface area (Å²) in [5, 5.41) is 5.91. The van der Waals surface area contributed by atoms with Crippen LogP contribution in [0.5, 0.6) is 0 Å². The van der Waals surface area contributed by atoms with E-state index in [9.17, 15) is 9.59 Å². The van der Waals surface area contributed by atoms with E-state index in [-0.39, 0.29) is 17.4 Å². The molecule has 0 aromatic heterocycles. The molecule has 2 aromatic carbocycles. The SMILES string of the molecule is Cc1cccc(NC(=O)N(CCCNC(=O)CC(C)(C)C)c2ccccc2)c1. The summed E-state index contributed by atoms with van der Waals surface area (Å²) in [7, 11) is 0. The highest BCUT2D eigenvalue weighted by atomic mass is 16.2. The summed E-state index contributed by atoms with van der Waals surface area (Å²) in [4.78, 5) is 26.6. The molecule has 0 saturated heterocycles. The molecule has 0 saturated carbocycles. The number of hydrogen-bond donors (Lipinski definition) is 2. The van der Waals surface area contributed by atoms with Gasteiger partial charge in [0.2, 0.25) is 5.91 Å². The molecule has 28 heavy (non-hydrogen) atoms. The Morgan fingerprint density at radius 1 is 1.00 bits per heavy atom. The van der Waals surface area contributed by atoms with Gasteiger partial charge in [-0.2, -0.15) is 0 Å². The molecule has 2 rings (SSSR count). The quantitative estimate of drug-likeness (QED) is 0.665. The van der Waals surface area contributed by atoms with Crippen molar-refractivity contribution in [1.29, 1.82) is 0 Å². The first-order valence-corrected chi connectivity index (χ1v) is 9.71. The number of rotatable bonds is 7. The van der Waals surface area contributed by atoms with E-state index in [1.165, 1.54) is 0 Å². The van der Waals surface area contributed by atoms with Crippen molar-refractivity contribution < 1.29 is 9.59 Å². The second-order valence-electron chi connectivity index (χ2n) is 8.23. The Labute approximate surface area is 168 Å². The van der Waals surface area contributed by atoms with Gasteiger partial charge in [0.05, 0.1) is 0 Å². The maximum atomic E-state index is 12.9. The van der Waals surface area contributed by atoms with Crippen LogP contribution in [0.15, 0.2) is 54.6 Å². The molecule has 0 bridgehead atoms. The first kappa shape index (κ1) is 21.5. The fraction of sp³-hybridized carbons (Fsp3) is 0.391. The lowest BCUT2D eigenvalue weighted by Gasteiger charge is -2.24. The Kier molecular flexibility index (Phi) is 7.61.